The first-order valence-corrected chi connectivity index (χ1v) is 17.0. The number of esters is 1. The lowest BCUT2D eigenvalue weighted by Crippen LogP contribution is -2.47. The monoisotopic (exact) mass is 582 g/mol. The topological polar surface area (TPSA) is 103 Å². The molecule has 4 aliphatic rings. The third-order valence-electron chi connectivity index (χ3n) is 10.6. The minimum absolute atomic E-state index is 0.0301. The molecule has 0 radical (unpaired) electrons. The summed E-state index contributed by atoms with van der Waals surface area (Å²) >= 11 is 0. The van der Waals surface area contributed by atoms with E-state index >= 15 is 0 Å². The van der Waals surface area contributed by atoms with Gasteiger partial charge in [-0.1, -0.05) is 19.3 Å². The minimum Gasteiger partial charge on any atom is -0.461 e. The predicted octanol–water partition coefficient (Wildman–Crippen LogP) is 5.44. The highest BCUT2D eigenvalue weighted by Crippen LogP contribution is 2.31. The summed E-state index contributed by atoms with van der Waals surface area (Å²) < 4.78 is 5.99. The van der Waals surface area contributed by atoms with Crippen LogP contribution in [0.2, 0.25) is 0 Å². The molecular weight excluding hydrogens is 528 g/mol. The van der Waals surface area contributed by atoms with Gasteiger partial charge in [-0.2, -0.15) is 0 Å². The number of amides is 1. The van der Waals surface area contributed by atoms with Crippen molar-refractivity contribution < 1.29 is 19.5 Å². The summed E-state index contributed by atoms with van der Waals surface area (Å²) in [5.74, 6) is 2.14. The molecule has 1 amide bonds. The summed E-state index contributed by atoms with van der Waals surface area (Å²) in [5.41, 5.74) is 3.29. The molecule has 0 aromatic heterocycles. The Morgan fingerprint density at radius 3 is 1.95 bits per heavy atom. The van der Waals surface area contributed by atoms with E-state index < -0.39 is 5.91 Å². The van der Waals surface area contributed by atoms with Gasteiger partial charge in [0.15, 0.2) is 0 Å². The smallest absolute Gasteiger partial charge is 0.323 e. The van der Waals surface area contributed by atoms with Crippen LogP contribution >= 0.6 is 0 Å². The van der Waals surface area contributed by atoms with E-state index in [0.717, 1.165) is 70.0 Å². The lowest BCUT2D eigenvalue weighted by atomic mass is 9.80. The van der Waals surface area contributed by atoms with Crippen molar-refractivity contribution >= 4 is 17.6 Å². The molecule has 1 unspecified atom stereocenters. The Kier molecular flexibility index (Phi) is 12.0. The van der Waals surface area contributed by atoms with Gasteiger partial charge in [0.05, 0.1) is 0 Å². The molecule has 4 N–H and O–H groups in total. The van der Waals surface area contributed by atoms with Crippen molar-refractivity contribution in [2.75, 3.05) is 37.6 Å². The van der Waals surface area contributed by atoms with Crippen LogP contribution in [-0.2, 0) is 9.53 Å². The third-order valence-corrected chi connectivity index (χ3v) is 10.6. The van der Waals surface area contributed by atoms with Gasteiger partial charge in [-0.3, -0.25) is 14.8 Å². The highest BCUT2D eigenvalue weighted by molar-refractivity contribution is 5.93. The van der Waals surface area contributed by atoms with Gasteiger partial charge in [0, 0.05) is 24.3 Å². The van der Waals surface area contributed by atoms with Crippen molar-refractivity contribution in [3.05, 3.63) is 29.8 Å². The summed E-state index contributed by atoms with van der Waals surface area (Å²) in [6.45, 7) is 5.24. The lowest BCUT2D eigenvalue weighted by Gasteiger charge is -2.35. The molecule has 0 bridgehead atoms. The number of anilines is 1. The van der Waals surface area contributed by atoms with Crippen LogP contribution < -0.4 is 21.0 Å². The predicted molar refractivity (Wildman–Crippen MR) is 166 cm³/mol. The Labute approximate surface area is 252 Å². The number of rotatable bonds is 12. The highest BCUT2D eigenvalue weighted by Gasteiger charge is 2.33. The second-order valence-corrected chi connectivity index (χ2v) is 13.6. The van der Waals surface area contributed by atoms with Crippen molar-refractivity contribution in [2.45, 2.75) is 108 Å². The normalized spacial score (nSPS) is 25.3. The second kappa shape index (κ2) is 16.1. The fourth-order valence-electron chi connectivity index (χ4n) is 7.86. The van der Waals surface area contributed by atoms with Gasteiger partial charge in [0.25, 0.3) is 5.91 Å². The van der Waals surface area contributed by atoms with E-state index in [2.05, 4.69) is 15.5 Å². The number of nitrogens with one attached hydrogen (secondary N) is 3. The van der Waals surface area contributed by atoms with E-state index in [1.54, 1.807) is 17.6 Å². The van der Waals surface area contributed by atoms with Crippen LogP contribution in [-0.4, -0.2) is 62.0 Å². The summed E-state index contributed by atoms with van der Waals surface area (Å²) in [7, 11) is 0. The third kappa shape index (κ3) is 8.93. The van der Waals surface area contributed by atoms with Crippen molar-refractivity contribution in [3.8, 4) is 0 Å². The van der Waals surface area contributed by atoms with Gasteiger partial charge < -0.3 is 20.3 Å². The Morgan fingerprint density at radius 2 is 1.33 bits per heavy atom. The number of nitrogens with zero attached hydrogens (tertiary/aromatic N) is 1. The molecular formula is C34H54N4O4. The van der Waals surface area contributed by atoms with Gasteiger partial charge in [0.1, 0.15) is 12.1 Å². The lowest BCUT2D eigenvalue weighted by molar-refractivity contribution is -0.153. The Hall–Kier alpha value is -2.16. The number of carbonyl (C=O) groups excluding carboxylic acids is 2. The molecule has 1 atom stereocenters. The molecule has 3 aliphatic carbocycles. The Bertz CT molecular complexity index is 960. The maximum atomic E-state index is 13.2. The molecule has 4 fully saturated rings. The first-order chi connectivity index (χ1) is 20.6. The summed E-state index contributed by atoms with van der Waals surface area (Å²) in [5, 5.41) is 16.3. The Morgan fingerprint density at radius 1 is 0.762 bits per heavy atom. The van der Waals surface area contributed by atoms with Crippen LogP contribution in [0.5, 0.6) is 0 Å². The quantitative estimate of drug-likeness (QED) is 0.148. The van der Waals surface area contributed by atoms with Gasteiger partial charge in [0.2, 0.25) is 0 Å². The zero-order valence-corrected chi connectivity index (χ0v) is 25.5. The number of hydrogen-bond acceptors (Lipinski definition) is 7. The van der Waals surface area contributed by atoms with Crippen molar-refractivity contribution in [2.24, 2.45) is 23.7 Å². The molecule has 1 aromatic carbocycles. The maximum absolute atomic E-state index is 13.2. The second-order valence-electron chi connectivity index (χ2n) is 13.6. The molecule has 234 valence electrons. The van der Waals surface area contributed by atoms with Crippen LogP contribution in [0.15, 0.2) is 24.3 Å². The van der Waals surface area contributed by atoms with Crippen molar-refractivity contribution in [1.29, 1.82) is 0 Å². The first kappa shape index (κ1) is 31.3. The van der Waals surface area contributed by atoms with E-state index in [4.69, 9.17) is 9.94 Å². The van der Waals surface area contributed by atoms with E-state index in [-0.39, 0.29) is 18.1 Å². The fourth-order valence-corrected chi connectivity index (χ4v) is 7.86. The zero-order chi connectivity index (χ0) is 29.1. The number of hydroxylamine groups is 1. The zero-order valence-electron chi connectivity index (χ0n) is 25.5. The summed E-state index contributed by atoms with van der Waals surface area (Å²) in [6, 6.07) is 7.35. The molecule has 1 aliphatic heterocycles. The minimum atomic E-state index is -0.476. The molecule has 0 spiro atoms. The average Bonchev–Trinajstić information content (AvgIpc) is 3.55. The van der Waals surface area contributed by atoms with E-state index in [1.165, 1.54) is 70.6 Å². The number of hydrogen-bond donors (Lipinski definition) is 4. The van der Waals surface area contributed by atoms with E-state index in [0.29, 0.717) is 23.3 Å². The fraction of sp³-hybridized carbons (Fsp3) is 0.765. The molecule has 1 saturated heterocycles. The molecule has 1 aromatic rings. The molecule has 42 heavy (non-hydrogen) atoms. The summed E-state index contributed by atoms with van der Waals surface area (Å²) in [4.78, 5) is 27.1. The molecule has 5 rings (SSSR count). The van der Waals surface area contributed by atoms with Crippen molar-refractivity contribution in [1.82, 2.24) is 16.1 Å². The number of piperidine rings is 1. The van der Waals surface area contributed by atoms with Gasteiger partial charge in [-0.15, -0.1) is 0 Å². The molecule has 1 heterocycles. The van der Waals surface area contributed by atoms with Crippen molar-refractivity contribution in [3.63, 3.8) is 0 Å². The van der Waals surface area contributed by atoms with Crippen LogP contribution in [0.25, 0.3) is 0 Å². The van der Waals surface area contributed by atoms with Gasteiger partial charge in [-0.25, -0.2) is 5.48 Å². The SMILES string of the molecule is O=C(NO)c1ccc(N2CCC(CNCC3CCC(CNC(C(=O)OC4CCCC4)C4CCCCC4)CC3)CC2)cc1. The molecule has 8 nitrogen and oxygen atoms in total. The van der Waals surface area contributed by atoms with Crippen LogP contribution in [0.1, 0.15) is 107 Å². The highest BCUT2D eigenvalue weighted by atomic mass is 16.5. The first-order valence-electron chi connectivity index (χ1n) is 17.0. The van der Waals surface area contributed by atoms with Crippen LogP contribution in [0, 0.1) is 23.7 Å². The summed E-state index contributed by atoms with van der Waals surface area (Å²) in [6.07, 6.45) is 18.2. The van der Waals surface area contributed by atoms with Gasteiger partial charge >= 0.3 is 5.97 Å². The maximum Gasteiger partial charge on any atom is 0.323 e. The average molecular weight is 583 g/mol. The Balaban J connectivity index is 0.967. The van der Waals surface area contributed by atoms with E-state index in [9.17, 15) is 9.59 Å². The largest absolute Gasteiger partial charge is 0.461 e. The number of benzene rings is 1. The van der Waals surface area contributed by atoms with Crippen LogP contribution in [0.4, 0.5) is 5.69 Å². The number of ether oxygens (including phenoxy) is 1. The molecule has 8 heteroatoms. The standard InChI is InChI=1S/C34H54N4O4/c39-33(37-41)29-14-16-30(17-15-29)38-20-18-27(19-21-38)23-35-22-25-10-12-26(13-11-25)24-36-32(28-6-2-1-3-7-28)34(40)42-31-8-4-5-9-31/h14-17,25-28,31-32,35-36,41H,1-13,18-24H2,(H,37,39). The van der Waals surface area contributed by atoms with Crippen LogP contribution in [0.3, 0.4) is 0 Å². The molecule has 3 saturated carbocycles. The van der Waals surface area contributed by atoms with E-state index in [1.807, 2.05) is 12.1 Å². The number of carbonyl (C=O) groups is 2. The van der Waals surface area contributed by atoms with Gasteiger partial charge in [-0.05, 0) is 145 Å².